The Hall–Kier alpha value is -3.15. The molecule has 2 aromatic rings. The van der Waals surface area contributed by atoms with Gasteiger partial charge in [-0.05, 0) is 5.92 Å². The van der Waals surface area contributed by atoms with Gasteiger partial charge < -0.3 is 26.0 Å². The SMILES string of the molecule is Nc1nc2c(nc(C#CCNC(=O)C(F)(F)F)n2C2CC(O)C(CO)O2)c(=O)[nH]1. The van der Waals surface area contributed by atoms with Crippen molar-refractivity contribution in [2.24, 2.45) is 0 Å². The third kappa shape index (κ3) is 4.16. The minimum Gasteiger partial charge on any atom is -0.394 e. The summed E-state index contributed by atoms with van der Waals surface area (Å²) in [6.45, 7) is -1.11. The van der Waals surface area contributed by atoms with Crippen LogP contribution in [0.25, 0.3) is 11.2 Å². The van der Waals surface area contributed by atoms with Crippen LogP contribution in [0.5, 0.6) is 0 Å². The van der Waals surface area contributed by atoms with Crippen LogP contribution < -0.4 is 16.6 Å². The smallest absolute Gasteiger partial charge is 0.394 e. The van der Waals surface area contributed by atoms with Crippen molar-refractivity contribution in [2.45, 2.75) is 31.0 Å². The molecule has 11 nitrogen and oxygen atoms in total. The summed E-state index contributed by atoms with van der Waals surface area (Å²) in [6.07, 6.45) is -7.88. The van der Waals surface area contributed by atoms with Crippen molar-refractivity contribution < 1.29 is 32.9 Å². The fraction of sp³-hybridized carbons (Fsp3) is 0.467. The van der Waals surface area contributed by atoms with E-state index >= 15 is 0 Å². The molecule has 14 heteroatoms. The average Bonchev–Trinajstić information content (AvgIpc) is 3.17. The first-order valence-corrected chi connectivity index (χ1v) is 8.17. The van der Waals surface area contributed by atoms with Gasteiger partial charge in [0.1, 0.15) is 12.3 Å². The number of carbonyl (C=O) groups is 1. The van der Waals surface area contributed by atoms with E-state index in [1.807, 2.05) is 0 Å². The van der Waals surface area contributed by atoms with Gasteiger partial charge in [0, 0.05) is 6.42 Å². The van der Waals surface area contributed by atoms with E-state index in [9.17, 15) is 33.0 Å². The number of nitrogens with one attached hydrogen (secondary N) is 2. The number of alkyl halides is 3. The molecule has 3 rings (SSSR count). The molecule has 156 valence electrons. The van der Waals surface area contributed by atoms with Crippen LogP contribution in [-0.4, -0.2) is 67.2 Å². The molecule has 0 aliphatic carbocycles. The van der Waals surface area contributed by atoms with Crippen molar-refractivity contribution in [1.82, 2.24) is 24.8 Å². The zero-order valence-electron chi connectivity index (χ0n) is 14.5. The highest BCUT2D eigenvalue weighted by molar-refractivity contribution is 5.81. The first-order chi connectivity index (χ1) is 13.6. The molecule has 0 saturated carbocycles. The Morgan fingerprint density at radius 1 is 1.45 bits per heavy atom. The minimum absolute atomic E-state index is 0.00452. The molecular weight excluding hydrogens is 401 g/mol. The van der Waals surface area contributed by atoms with E-state index < -0.39 is 49.2 Å². The number of hydrogen-bond acceptors (Lipinski definition) is 8. The third-order valence-corrected chi connectivity index (χ3v) is 4.04. The lowest BCUT2D eigenvalue weighted by Crippen LogP contribution is -2.36. The average molecular weight is 416 g/mol. The first-order valence-electron chi connectivity index (χ1n) is 8.17. The maximum Gasteiger partial charge on any atom is 0.471 e. The number of amides is 1. The van der Waals surface area contributed by atoms with Gasteiger partial charge in [0.25, 0.3) is 5.56 Å². The number of aliphatic hydroxyl groups excluding tert-OH is 2. The Bertz CT molecular complexity index is 1050. The lowest BCUT2D eigenvalue weighted by Gasteiger charge is -2.15. The summed E-state index contributed by atoms with van der Waals surface area (Å²) < 4.78 is 43.4. The number of imidazole rings is 1. The van der Waals surface area contributed by atoms with E-state index in [0.29, 0.717) is 0 Å². The van der Waals surface area contributed by atoms with Crippen molar-refractivity contribution in [1.29, 1.82) is 0 Å². The Kier molecular flexibility index (Phi) is 5.46. The zero-order valence-corrected chi connectivity index (χ0v) is 14.5. The van der Waals surface area contributed by atoms with Gasteiger partial charge in [0.2, 0.25) is 5.95 Å². The summed E-state index contributed by atoms with van der Waals surface area (Å²) in [5.41, 5.74) is 4.69. The normalized spacial score (nSPS) is 21.8. The molecule has 1 amide bonds. The lowest BCUT2D eigenvalue weighted by atomic mass is 10.2. The summed E-state index contributed by atoms with van der Waals surface area (Å²) in [6, 6.07) is 0. The van der Waals surface area contributed by atoms with Gasteiger partial charge in [0.05, 0.1) is 19.3 Å². The summed E-state index contributed by atoms with van der Waals surface area (Å²) in [7, 11) is 0. The summed E-state index contributed by atoms with van der Waals surface area (Å²) in [5.74, 6) is 2.25. The molecule has 1 aliphatic heterocycles. The minimum atomic E-state index is -5.04. The number of ether oxygens (including phenoxy) is 1. The van der Waals surface area contributed by atoms with Gasteiger partial charge in [0.15, 0.2) is 17.0 Å². The second-order valence-electron chi connectivity index (χ2n) is 6.03. The van der Waals surface area contributed by atoms with Crippen LogP contribution in [0.3, 0.4) is 0 Å². The van der Waals surface area contributed by atoms with E-state index in [-0.39, 0.29) is 29.4 Å². The predicted molar refractivity (Wildman–Crippen MR) is 90.1 cm³/mol. The highest BCUT2D eigenvalue weighted by atomic mass is 19.4. The molecule has 0 radical (unpaired) electrons. The molecule has 1 aliphatic rings. The Labute approximate surface area is 159 Å². The number of nitrogen functional groups attached to an aromatic ring is 1. The number of aliphatic hydroxyl groups is 2. The fourth-order valence-corrected chi connectivity index (χ4v) is 2.75. The zero-order chi connectivity index (χ0) is 21.3. The molecule has 3 unspecified atom stereocenters. The third-order valence-electron chi connectivity index (χ3n) is 4.04. The lowest BCUT2D eigenvalue weighted by molar-refractivity contribution is -0.173. The van der Waals surface area contributed by atoms with Crippen molar-refractivity contribution in [3.63, 3.8) is 0 Å². The molecule has 0 aromatic carbocycles. The fourth-order valence-electron chi connectivity index (χ4n) is 2.75. The molecule has 3 atom stereocenters. The number of nitrogens with zero attached hydrogens (tertiary/aromatic N) is 3. The quantitative estimate of drug-likeness (QED) is 0.372. The second-order valence-corrected chi connectivity index (χ2v) is 6.03. The number of aromatic nitrogens is 4. The largest absolute Gasteiger partial charge is 0.471 e. The van der Waals surface area contributed by atoms with Crippen LogP contribution in [0.1, 0.15) is 18.5 Å². The molecule has 2 aromatic heterocycles. The number of halogens is 3. The van der Waals surface area contributed by atoms with Crippen LogP contribution in [0.2, 0.25) is 0 Å². The van der Waals surface area contributed by atoms with Crippen molar-refractivity contribution in [3.8, 4) is 11.8 Å². The van der Waals surface area contributed by atoms with Crippen LogP contribution in [-0.2, 0) is 9.53 Å². The summed E-state index contributed by atoms with van der Waals surface area (Å²) in [4.78, 5) is 33.1. The molecule has 6 N–H and O–H groups in total. The van der Waals surface area contributed by atoms with Crippen LogP contribution in [0.4, 0.5) is 19.1 Å². The van der Waals surface area contributed by atoms with Crippen LogP contribution >= 0.6 is 0 Å². The number of H-pyrrole nitrogens is 1. The van der Waals surface area contributed by atoms with E-state index in [1.165, 1.54) is 4.57 Å². The van der Waals surface area contributed by atoms with Gasteiger partial charge >= 0.3 is 12.1 Å². The number of anilines is 1. The number of hydrogen-bond donors (Lipinski definition) is 5. The number of carbonyl (C=O) groups excluding carboxylic acids is 1. The van der Waals surface area contributed by atoms with Crippen molar-refractivity contribution in [3.05, 3.63) is 16.2 Å². The molecule has 0 spiro atoms. The van der Waals surface area contributed by atoms with E-state index in [4.69, 9.17) is 10.5 Å². The topological polar surface area (TPSA) is 168 Å². The summed E-state index contributed by atoms with van der Waals surface area (Å²) >= 11 is 0. The summed E-state index contributed by atoms with van der Waals surface area (Å²) in [5, 5.41) is 20.8. The Balaban J connectivity index is 1.97. The number of aromatic amines is 1. The number of nitrogens with two attached hydrogens (primary N) is 1. The van der Waals surface area contributed by atoms with E-state index in [2.05, 4.69) is 26.8 Å². The van der Waals surface area contributed by atoms with E-state index in [1.54, 1.807) is 5.32 Å². The maximum absolute atomic E-state index is 12.2. The van der Waals surface area contributed by atoms with Crippen molar-refractivity contribution >= 4 is 23.0 Å². The molecule has 0 bridgehead atoms. The van der Waals surface area contributed by atoms with Gasteiger partial charge in [-0.25, -0.2) is 4.98 Å². The predicted octanol–water partition coefficient (Wildman–Crippen LogP) is -1.63. The van der Waals surface area contributed by atoms with Gasteiger partial charge in [-0.1, -0.05) is 5.92 Å². The Morgan fingerprint density at radius 2 is 2.17 bits per heavy atom. The van der Waals surface area contributed by atoms with Crippen LogP contribution in [0, 0.1) is 11.8 Å². The standard InChI is InChI=1S/C15H15F3N6O5/c16-15(17,18)13(28)20-3-1-2-8-21-10-11(22-14(19)23-12(10)27)24(8)9-4-6(26)7(5-25)29-9/h6-7,9,25-26H,3-5H2,(H,20,28)(H3,19,22,23,27). The maximum atomic E-state index is 12.2. The van der Waals surface area contributed by atoms with Gasteiger partial charge in [-0.3, -0.25) is 19.1 Å². The van der Waals surface area contributed by atoms with Gasteiger partial charge in [-0.2, -0.15) is 18.2 Å². The Morgan fingerprint density at radius 3 is 2.79 bits per heavy atom. The molecule has 3 heterocycles. The highest BCUT2D eigenvalue weighted by Gasteiger charge is 2.38. The molecule has 1 saturated heterocycles. The van der Waals surface area contributed by atoms with Crippen molar-refractivity contribution in [2.75, 3.05) is 18.9 Å². The number of fused-ring (bicyclic) bond motifs is 1. The van der Waals surface area contributed by atoms with Crippen LogP contribution in [0.15, 0.2) is 4.79 Å². The van der Waals surface area contributed by atoms with E-state index in [0.717, 1.165) is 0 Å². The molecule has 1 fully saturated rings. The molecular formula is C15H15F3N6O5. The van der Waals surface area contributed by atoms with Gasteiger partial charge in [-0.15, -0.1) is 0 Å². The number of rotatable bonds is 3. The second kappa shape index (κ2) is 7.70. The monoisotopic (exact) mass is 416 g/mol. The molecule has 29 heavy (non-hydrogen) atoms. The first kappa shape index (κ1) is 20.6. The highest BCUT2D eigenvalue weighted by Crippen LogP contribution is 2.31.